The molecule has 8 nitrogen and oxygen atoms in total. The van der Waals surface area contributed by atoms with Crippen LogP contribution < -0.4 is 10.6 Å². The van der Waals surface area contributed by atoms with E-state index in [-0.39, 0.29) is 0 Å². The van der Waals surface area contributed by atoms with Crippen molar-refractivity contribution in [2.24, 2.45) is 0 Å². The third kappa shape index (κ3) is 5.27. The summed E-state index contributed by atoms with van der Waals surface area (Å²) in [5, 5.41) is 0.723. The summed E-state index contributed by atoms with van der Waals surface area (Å²) in [7, 11) is 3.39. The van der Waals surface area contributed by atoms with Crippen LogP contribution in [-0.2, 0) is 9.47 Å². The van der Waals surface area contributed by atoms with Gasteiger partial charge in [-0.05, 0) is 41.5 Å². The van der Waals surface area contributed by atoms with E-state index in [9.17, 15) is 0 Å². The normalized spacial score (nSPS) is 11.1. The Morgan fingerprint density at radius 1 is 0.939 bits per heavy atom. The highest BCUT2D eigenvalue weighted by molar-refractivity contribution is 9.10. The minimum Gasteiger partial charge on any atom is -0.383 e. The van der Waals surface area contributed by atoms with E-state index in [0.29, 0.717) is 30.4 Å². The number of fused-ring (bicyclic) bond motifs is 1. The quantitative estimate of drug-likeness (QED) is 0.359. The topological polar surface area (TPSA) is 99.3 Å². The number of nitrogen functional groups attached to an aromatic ring is 1. The van der Waals surface area contributed by atoms with Crippen molar-refractivity contribution in [2.75, 3.05) is 51.2 Å². The molecule has 33 heavy (non-hydrogen) atoms. The average Bonchev–Trinajstić information content (AvgIpc) is 2.84. The number of anilines is 2. The Labute approximate surface area is 200 Å². The zero-order valence-electron chi connectivity index (χ0n) is 18.5. The molecule has 4 aromatic rings. The second-order valence-corrected chi connectivity index (χ2v) is 8.31. The lowest BCUT2D eigenvalue weighted by molar-refractivity contribution is 0.190. The maximum atomic E-state index is 6.21. The minimum absolute atomic E-state index is 0.393. The summed E-state index contributed by atoms with van der Waals surface area (Å²) < 4.78 is 11.5. The number of benzene rings is 1. The fourth-order valence-electron chi connectivity index (χ4n) is 3.60. The van der Waals surface area contributed by atoms with Gasteiger partial charge >= 0.3 is 0 Å². The Kier molecular flexibility index (Phi) is 7.43. The molecule has 0 aliphatic carbocycles. The van der Waals surface area contributed by atoms with E-state index in [1.54, 1.807) is 14.2 Å². The Morgan fingerprint density at radius 2 is 1.73 bits per heavy atom. The lowest BCUT2D eigenvalue weighted by Crippen LogP contribution is -2.30. The third-order valence-corrected chi connectivity index (χ3v) is 5.77. The van der Waals surface area contributed by atoms with E-state index >= 15 is 0 Å². The number of halogens is 1. The molecule has 0 saturated carbocycles. The molecule has 0 amide bonds. The number of rotatable bonds is 9. The first-order chi connectivity index (χ1) is 16.1. The molecule has 0 aliphatic heterocycles. The van der Waals surface area contributed by atoms with Crippen LogP contribution in [0.4, 0.5) is 11.5 Å². The molecule has 0 atom stereocenters. The van der Waals surface area contributed by atoms with Gasteiger partial charge in [0.15, 0.2) is 5.65 Å². The Balaban J connectivity index is 1.75. The van der Waals surface area contributed by atoms with Crippen molar-refractivity contribution >= 4 is 38.5 Å². The smallest absolute Gasteiger partial charge is 0.165 e. The highest BCUT2D eigenvalue weighted by Crippen LogP contribution is 2.34. The number of methoxy groups -OCH3 is 2. The fraction of sp³-hybridized carbons (Fsp3) is 0.250. The first-order valence-corrected chi connectivity index (χ1v) is 11.3. The molecular weight excluding hydrogens is 484 g/mol. The van der Waals surface area contributed by atoms with Crippen LogP contribution in [0, 0.1) is 0 Å². The third-order valence-electron chi connectivity index (χ3n) is 5.28. The van der Waals surface area contributed by atoms with Crippen molar-refractivity contribution in [3.63, 3.8) is 0 Å². The zero-order valence-corrected chi connectivity index (χ0v) is 20.1. The summed E-state index contributed by atoms with van der Waals surface area (Å²) in [5.41, 5.74) is 11.1. The Bertz CT molecular complexity index is 1230. The Hall–Kier alpha value is -3.14. The van der Waals surface area contributed by atoms with Crippen molar-refractivity contribution in [1.29, 1.82) is 0 Å². The van der Waals surface area contributed by atoms with Gasteiger partial charge in [0, 0.05) is 31.8 Å². The predicted molar refractivity (Wildman–Crippen MR) is 134 cm³/mol. The van der Waals surface area contributed by atoms with Crippen LogP contribution in [0.5, 0.6) is 0 Å². The molecule has 4 rings (SSSR count). The van der Waals surface area contributed by atoms with Crippen LogP contribution >= 0.6 is 15.9 Å². The molecule has 0 unspecified atom stereocenters. The number of pyridine rings is 2. The Morgan fingerprint density at radius 3 is 2.39 bits per heavy atom. The minimum atomic E-state index is 0.393. The monoisotopic (exact) mass is 508 g/mol. The molecule has 3 heterocycles. The van der Waals surface area contributed by atoms with Crippen LogP contribution in [0.25, 0.3) is 33.5 Å². The second-order valence-electron chi connectivity index (χ2n) is 7.40. The summed E-state index contributed by atoms with van der Waals surface area (Å²) >= 11 is 3.55. The number of ether oxygens (including phenoxy) is 2. The zero-order chi connectivity index (χ0) is 23.2. The summed E-state index contributed by atoms with van der Waals surface area (Å²) in [5.74, 6) is 0.393. The molecule has 0 fully saturated rings. The van der Waals surface area contributed by atoms with Gasteiger partial charge in [-0.3, -0.25) is 4.98 Å². The summed E-state index contributed by atoms with van der Waals surface area (Å²) in [6, 6.07) is 14.0. The largest absolute Gasteiger partial charge is 0.383 e. The molecule has 3 aromatic heterocycles. The van der Waals surface area contributed by atoms with Crippen molar-refractivity contribution in [3.8, 4) is 22.5 Å². The van der Waals surface area contributed by atoms with Crippen LogP contribution in [0.2, 0.25) is 0 Å². The molecule has 0 saturated heterocycles. The SMILES string of the molecule is COCCN(CCOC)c1ccc(-c2cc(-c3cccc(Br)c3)c3c(N)ncnc3n2)nc1. The van der Waals surface area contributed by atoms with Crippen LogP contribution in [-0.4, -0.2) is 60.5 Å². The fourth-order valence-corrected chi connectivity index (χ4v) is 4.00. The van der Waals surface area contributed by atoms with E-state index in [1.165, 1.54) is 6.33 Å². The van der Waals surface area contributed by atoms with Crippen LogP contribution in [0.3, 0.4) is 0 Å². The summed E-state index contributed by atoms with van der Waals surface area (Å²) in [6.45, 7) is 2.74. The maximum absolute atomic E-state index is 6.21. The van der Waals surface area contributed by atoms with Gasteiger partial charge in [-0.1, -0.05) is 28.1 Å². The summed E-state index contributed by atoms with van der Waals surface area (Å²) in [6.07, 6.45) is 3.28. The molecule has 0 bridgehead atoms. The number of nitrogens with two attached hydrogens (primary N) is 1. The highest BCUT2D eigenvalue weighted by atomic mass is 79.9. The molecule has 0 spiro atoms. The van der Waals surface area contributed by atoms with Crippen LogP contribution in [0.1, 0.15) is 0 Å². The number of nitrogens with zero attached hydrogens (tertiary/aromatic N) is 5. The van der Waals surface area contributed by atoms with E-state index in [4.69, 9.17) is 25.2 Å². The van der Waals surface area contributed by atoms with Gasteiger partial charge in [0.1, 0.15) is 12.1 Å². The first-order valence-electron chi connectivity index (χ1n) is 10.5. The molecule has 1 aromatic carbocycles. The predicted octanol–water partition coefficient (Wildman–Crippen LogP) is 4.20. The van der Waals surface area contributed by atoms with Crippen molar-refractivity contribution < 1.29 is 9.47 Å². The van der Waals surface area contributed by atoms with Gasteiger partial charge in [-0.15, -0.1) is 0 Å². The highest BCUT2D eigenvalue weighted by Gasteiger charge is 2.15. The molecule has 0 aliphatic rings. The first kappa shape index (κ1) is 23.0. The van der Waals surface area contributed by atoms with Crippen molar-refractivity contribution in [2.45, 2.75) is 0 Å². The van der Waals surface area contributed by atoms with Gasteiger partial charge in [0.25, 0.3) is 0 Å². The van der Waals surface area contributed by atoms with E-state index in [1.807, 2.05) is 48.7 Å². The maximum Gasteiger partial charge on any atom is 0.165 e. The van der Waals surface area contributed by atoms with Gasteiger partial charge in [0.2, 0.25) is 0 Å². The number of hydrogen-bond donors (Lipinski definition) is 1. The molecule has 0 radical (unpaired) electrons. The second kappa shape index (κ2) is 10.7. The number of aromatic nitrogens is 4. The lowest BCUT2D eigenvalue weighted by atomic mass is 10.0. The molecule has 9 heteroatoms. The van der Waals surface area contributed by atoms with Gasteiger partial charge in [-0.2, -0.15) is 0 Å². The molecular formula is C24H25BrN6O2. The van der Waals surface area contributed by atoms with E-state index in [0.717, 1.165) is 45.5 Å². The standard InChI is InChI=1S/C24H25BrN6O2/c1-32-10-8-31(9-11-33-2)18-6-7-20(27-14-18)21-13-19(16-4-3-5-17(25)12-16)22-23(26)28-15-29-24(22)30-21/h3-7,12-15H,8-11H2,1-2H3,(H2,26,28,29,30). The van der Waals surface area contributed by atoms with Gasteiger partial charge in [0.05, 0.1) is 41.9 Å². The number of hydrogen-bond acceptors (Lipinski definition) is 8. The van der Waals surface area contributed by atoms with E-state index < -0.39 is 0 Å². The van der Waals surface area contributed by atoms with Gasteiger partial charge < -0.3 is 20.1 Å². The lowest BCUT2D eigenvalue weighted by Gasteiger charge is -2.24. The van der Waals surface area contributed by atoms with Crippen molar-refractivity contribution in [3.05, 3.63) is 59.5 Å². The molecule has 170 valence electrons. The molecule has 2 N–H and O–H groups in total. The van der Waals surface area contributed by atoms with Crippen LogP contribution in [0.15, 0.2) is 59.5 Å². The average molecular weight is 509 g/mol. The van der Waals surface area contributed by atoms with Gasteiger partial charge in [-0.25, -0.2) is 15.0 Å². The van der Waals surface area contributed by atoms with E-state index in [2.05, 4.69) is 30.8 Å². The van der Waals surface area contributed by atoms with Crippen molar-refractivity contribution in [1.82, 2.24) is 19.9 Å². The summed E-state index contributed by atoms with van der Waals surface area (Å²) in [4.78, 5) is 20.2.